The highest BCUT2D eigenvalue weighted by Gasteiger charge is 2.27. The molecule has 0 bridgehead atoms. The second-order valence-corrected chi connectivity index (χ2v) is 6.17. The van der Waals surface area contributed by atoms with Gasteiger partial charge in [0, 0.05) is 25.8 Å². The summed E-state index contributed by atoms with van der Waals surface area (Å²) in [5, 5.41) is 3.25. The molecular formula is C17H27N3. The Morgan fingerprint density at radius 3 is 2.85 bits per heavy atom. The molecule has 3 rings (SSSR count). The molecule has 0 amide bonds. The Hall–Kier alpha value is -1.09. The van der Waals surface area contributed by atoms with Gasteiger partial charge in [-0.2, -0.15) is 0 Å². The van der Waals surface area contributed by atoms with Gasteiger partial charge in [0.15, 0.2) is 0 Å². The minimum absolute atomic E-state index is 0.801. The molecule has 1 fully saturated rings. The van der Waals surface area contributed by atoms with E-state index in [4.69, 9.17) is 4.98 Å². The highest BCUT2D eigenvalue weighted by Crippen LogP contribution is 2.41. The van der Waals surface area contributed by atoms with E-state index in [1.807, 2.05) is 7.05 Å². The Kier molecular flexibility index (Phi) is 4.25. The van der Waals surface area contributed by atoms with Gasteiger partial charge in [0.1, 0.15) is 5.82 Å². The number of anilines is 1. The lowest BCUT2D eigenvalue weighted by molar-refractivity contribution is 0.415. The number of rotatable bonds is 5. The van der Waals surface area contributed by atoms with Gasteiger partial charge in [-0.05, 0) is 61.8 Å². The van der Waals surface area contributed by atoms with E-state index < -0.39 is 0 Å². The van der Waals surface area contributed by atoms with E-state index in [-0.39, 0.29) is 0 Å². The summed E-state index contributed by atoms with van der Waals surface area (Å²) in [6.07, 6.45) is 10.0. The largest absolute Gasteiger partial charge is 0.355 e. The molecule has 0 atom stereocenters. The van der Waals surface area contributed by atoms with Crippen LogP contribution in [0.4, 0.5) is 5.82 Å². The van der Waals surface area contributed by atoms with Gasteiger partial charge in [-0.3, -0.25) is 0 Å². The molecule has 3 nitrogen and oxygen atoms in total. The summed E-state index contributed by atoms with van der Waals surface area (Å²) < 4.78 is 0. The Bertz CT molecular complexity index is 466. The maximum Gasteiger partial charge on any atom is 0.132 e. The number of nitrogens with zero attached hydrogens (tertiary/aromatic N) is 2. The van der Waals surface area contributed by atoms with Crippen LogP contribution in [0.1, 0.15) is 55.2 Å². The van der Waals surface area contributed by atoms with Crippen molar-refractivity contribution in [3.05, 3.63) is 22.9 Å². The molecule has 110 valence electrons. The van der Waals surface area contributed by atoms with Crippen LogP contribution in [0.25, 0.3) is 0 Å². The fourth-order valence-corrected chi connectivity index (χ4v) is 3.64. The summed E-state index contributed by atoms with van der Waals surface area (Å²) in [5.41, 5.74) is 4.74. The summed E-state index contributed by atoms with van der Waals surface area (Å²) in [7, 11) is 2.02. The number of likely N-dealkylation sites (N-methyl/N-ethyl adjacent to an activating group) is 1. The molecule has 1 aromatic heterocycles. The van der Waals surface area contributed by atoms with E-state index in [1.165, 1.54) is 37.9 Å². The van der Waals surface area contributed by atoms with Crippen LogP contribution in [0.2, 0.25) is 0 Å². The molecule has 1 aliphatic heterocycles. The predicted octanol–water partition coefficient (Wildman–Crippen LogP) is 2.88. The molecule has 1 N–H and O–H groups in total. The van der Waals surface area contributed by atoms with Crippen LogP contribution in [0.3, 0.4) is 0 Å². The monoisotopic (exact) mass is 273 g/mol. The molecule has 0 radical (unpaired) electrons. The molecule has 20 heavy (non-hydrogen) atoms. The van der Waals surface area contributed by atoms with Gasteiger partial charge in [-0.15, -0.1) is 0 Å². The Balaban J connectivity index is 1.93. The Morgan fingerprint density at radius 2 is 2.20 bits per heavy atom. The van der Waals surface area contributed by atoms with Gasteiger partial charge >= 0.3 is 0 Å². The standard InChI is InChI=1S/C17H27N3/c1-3-14-15-8-5-10-20(11-9-18-2)17(15)19-12-16(14)13-6-4-7-13/h12-13,18H,3-11H2,1-2H3. The maximum absolute atomic E-state index is 4.86. The van der Waals surface area contributed by atoms with Gasteiger partial charge in [0.05, 0.1) is 0 Å². The predicted molar refractivity (Wildman–Crippen MR) is 84.7 cm³/mol. The van der Waals surface area contributed by atoms with Crippen molar-refractivity contribution >= 4 is 5.82 Å². The van der Waals surface area contributed by atoms with Crippen molar-refractivity contribution in [3.63, 3.8) is 0 Å². The van der Waals surface area contributed by atoms with E-state index in [0.29, 0.717) is 0 Å². The SMILES string of the molecule is CCc1c(C2CCC2)cnc2c1CCCN2CCNC. The average molecular weight is 273 g/mol. The molecule has 2 aliphatic rings. The summed E-state index contributed by atoms with van der Waals surface area (Å²) in [5.74, 6) is 2.07. The number of fused-ring (bicyclic) bond motifs is 1. The minimum atomic E-state index is 0.801. The number of nitrogens with one attached hydrogen (secondary N) is 1. The summed E-state index contributed by atoms with van der Waals surface area (Å²) in [6.45, 7) is 5.58. The molecule has 1 aliphatic carbocycles. The molecule has 0 unspecified atom stereocenters. The lowest BCUT2D eigenvalue weighted by Crippen LogP contribution is -2.36. The first-order valence-electron chi connectivity index (χ1n) is 8.25. The molecule has 2 heterocycles. The second-order valence-electron chi connectivity index (χ2n) is 6.17. The van der Waals surface area contributed by atoms with Crippen LogP contribution in [0.5, 0.6) is 0 Å². The van der Waals surface area contributed by atoms with E-state index in [0.717, 1.165) is 32.0 Å². The third-order valence-electron chi connectivity index (χ3n) is 4.99. The smallest absolute Gasteiger partial charge is 0.132 e. The average Bonchev–Trinajstić information content (AvgIpc) is 2.42. The van der Waals surface area contributed by atoms with Crippen molar-refractivity contribution in [2.24, 2.45) is 0 Å². The summed E-state index contributed by atoms with van der Waals surface area (Å²) in [6, 6.07) is 0. The summed E-state index contributed by atoms with van der Waals surface area (Å²) >= 11 is 0. The van der Waals surface area contributed by atoms with Crippen LogP contribution in [0.15, 0.2) is 6.20 Å². The molecule has 3 heteroatoms. The zero-order chi connectivity index (χ0) is 13.9. The zero-order valence-electron chi connectivity index (χ0n) is 12.9. The normalized spacial score (nSPS) is 18.8. The minimum Gasteiger partial charge on any atom is -0.355 e. The first kappa shape index (κ1) is 13.9. The molecule has 1 aromatic rings. The third-order valence-corrected chi connectivity index (χ3v) is 4.99. The lowest BCUT2D eigenvalue weighted by atomic mass is 9.77. The molecule has 0 aromatic carbocycles. The Morgan fingerprint density at radius 1 is 1.35 bits per heavy atom. The van der Waals surface area contributed by atoms with E-state index in [1.54, 1.807) is 16.7 Å². The van der Waals surface area contributed by atoms with Crippen LogP contribution in [-0.4, -0.2) is 31.7 Å². The molecular weight excluding hydrogens is 246 g/mol. The van der Waals surface area contributed by atoms with Crippen molar-refractivity contribution in [1.82, 2.24) is 10.3 Å². The zero-order valence-corrected chi connectivity index (χ0v) is 12.9. The van der Waals surface area contributed by atoms with Crippen LogP contribution in [-0.2, 0) is 12.8 Å². The van der Waals surface area contributed by atoms with Crippen molar-refractivity contribution in [2.75, 3.05) is 31.6 Å². The van der Waals surface area contributed by atoms with Crippen LogP contribution in [0, 0.1) is 0 Å². The van der Waals surface area contributed by atoms with Crippen molar-refractivity contribution in [1.29, 1.82) is 0 Å². The third kappa shape index (κ3) is 2.44. The maximum atomic E-state index is 4.86. The van der Waals surface area contributed by atoms with Gasteiger partial charge in [-0.25, -0.2) is 4.98 Å². The van der Waals surface area contributed by atoms with Crippen molar-refractivity contribution < 1.29 is 0 Å². The first-order valence-corrected chi connectivity index (χ1v) is 8.25. The van der Waals surface area contributed by atoms with Crippen molar-refractivity contribution in [2.45, 2.75) is 51.4 Å². The molecule has 1 saturated carbocycles. The van der Waals surface area contributed by atoms with E-state index in [9.17, 15) is 0 Å². The quantitative estimate of drug-likeness (QED) is 0.894. The number of pyridine rings is 1. The van der Waals surface area contributed by atoms with Crippen LogP contribution >= 0.6 is 0 Å². The highest BCUT2D eigenvalue weighted by atomic mass is 15.2. The van der Waals surface area contributed by atoms with Gasteiger partial charge in [0.2, 0.25) is 0 Å². The van der Waals surface area contributed by atoms with Crippen molar-refractivity contribution in [3.8, 4) is 0 Å². The topological polar surface area (TPSA) is 28.2 Å². The van der Waals surface area contributed by atoms with Crippen LogP contribution < -0.4 is 10.2 Å². The first-order chi connectivity index (χ1) is 9.85. The number of aromatic nitrogens is 1. The Labute approximate surface area is 122 Å². The van der Waals surface area contributed by atoms with Gasteiger partial charge in [0.25, 0.3) is 0 Å². The van der Waals surface area contributed by atoms with E-state index in [2.05, 4.69) is 23.3 Å². The second kappa shape index (κ2) is 6.13. The molecule has 0 spiro atoms. The van der Waals surface area contributed by atoms with Gasteiger partial charge < -0.3 is 10.2 Å². The fourth-order valence-electron chi connectivity index (χ4n) is 3.64. The van der Waals surface area contributed by atoms with E-state index >= 15 is 0 Å². The highest BCUT2D eigenvalue weighted by molar-refractivity contribution is 5.55. The fraction of sp³-hybridized carbons (Fsp3) is 0.706. The number of hydrogen-bond acceptors (Lipinski definition) is 3. The number of hydrogen-bond donors (Lipinski definition) is 1. The lowest BCUT2D eigenvalue weighted by Gasteiger charge is -2.34. The molecule has 0 saturated heterocycles. The summed E-state index contributed by atoms with van der Waals surface area (Å²) in [4.78, 5) is 7.33. The van der Waals surface area contributed by atoms with Gasteiger partial charge in [-0.1, -0.05) is 13.3 Å².